The van der Waals surface area contributed by atoms with Gasteiger partial charge < -0.3 is 15.0 Å². The van der Waals surface area contributed by atoms with E-state index in [1.807, 2.05) is 0 Å². The summed E-state index contributed by atoms with van der Waals surface area (Å²) in [5.41, 5.74) is 0.993. The second-order valence-electron chi connectivity index (χ2n) is 4.03. The van der Waals surface area contributed by atoms with Crippen molar-refractivity contribution < 1.29 is 4.92 Å². The van der Waals surface area contributed by atoms with E-state index < -0.39 is 4.92 Å². The standard InChI is InChI=1S/C11H15N3O2/c15-14(16)11-6-5-10(9-12-11)13-7-3-1-2-4-8-13/h5-6,9H,1-4,7-8H2. The second kappa shape index (κ2) is 4.92. The molecule has 0 atom stereocenters. The number of nitro groups is 1. The molecule has 0 spiro atoms. The summed E-state index contributed by atoms with van der Waals surface area (Å²) in [5, 5.41) is 10.5. The highest BCUT2D eigenvalue weighted by Crippen LogP contribution is 2.20. The van der Waals surface area contributed by atoms with Crippen molar-refractivity contribution in [2.45, 2.75) is 25.7 Å². The van der Waals surface area contributed by atoms with Crippen LogP contribution in [0.4, 0.5) is 11.5 Å². The molecule has 1 aromatic heterocycles. The zero-order chi connectivity index (χ0) is 11.4. The lowest BCUT2D eigenvalue weighted by Gasteiger charge is -2.20. The normalized spacial score (nSPS) is 16.9. The van der Waals surface area contributed by atoms with Crippen molar-refractivity contribution in [1.29, 1.82) is 0 Å². The Bertz CT molecular complexity index is 356. The molecule has 5 heteroatoms. The van der Waals surface area contributed by atoms with Gasteiger partial charge in [-0.3, -0.25) is 0 Å². The van der Waals surface area contributed by atoms with Gasteiger partial charge in [-0.1, -0.05) is 12.8 Å². The smallest absolute Gasteiger partial charge is 0.363 e. The Morgan fingerprint density at radius 2 is 1.88 bits per heavy atom. The Morgan fingerprint density at radius 3 is 2.38 bits per heavy atom. The van der Waals surface area contributed by atoms with Gasteiger partial charge in [-0.15, -0.1) is 0 Å². The van der Waals surface area contributed by atoms with E-state index in [0.29, 0.717) is 0 Å². The largest absolute Gasteiger partial charge is 0.368 e. The Balaban J connectivity index is 2.10. The number of anilines is 1. The van der Waals surface area contributed by atoms with Crippen molar-refractivity contribution in [3.05, 3.63) is 28.4 Å². The molecule has 0 bridgehead atoms. The molecular weight excluding hydrogens is 206 g/mol. The summed E-state index contributed by atoms with van der Waals surface area (Å²) < 4.78 is 0. The number of pyridine rings is 1. The van der Waals surface area contributed by atoms with Gasteiger partial charge in [0.25, 0.3) is 0 Å². The lowest BCUT2D eigenvalue weighted by Crippen LogP contribution is -2.23. The van der Waals surface area contributed by atoms with Gasteiger partial charge in [0.15, 0.2) is 6.20 Å². The van der Waals surface area contributed by atoms with Crippen LogP contribution in [0.1, 0.15) is 25.7 Å². The van der Waals surface area contributed by atoms with Gasteiger partial charge in [0.05, 0.1) is 5.69 Å². The van der Waals surface area contributed by atoms with E-state index in [2.05, 4.69) is 9.88 Å². The summed E-state index contributed by atoms with van der Waals surface area (Å²) in [6, 6.07) is 3.26. The fourth-order valence-electron chi connectivity index (χ4n) is 2.00. The highest BCUT2D eigenvalue weighted by Gasteiger charge is 2.13. The highest BCUT2D eigenvalue weighted by molar-refractivity contribution is 5.46. The van der Waals surface area contributed by atoms with E-state index >= 15 is 0 Å². The van der Waals surface area contributed by atoms with Crippen LogP contribution in [-0.4, -0.2) is 23.0 Å². The van der Waals surface area contributed by atoms with Crippen LogP contribution >= 0.6 is 0 Å². The van der Waals surface area contributed by atoms with Crippen molar-refractivity contribution in [3.8, 4) is 0 Å². The van der Waals surface area contributed by atoms with E-state index in [0.717, 1.165) is 18.8 Å². The summed E-state index contributed by atoms with van der Waals surface area (Å²) in [7, 11) is 0. The van der Waals surface area contributed by atoms with Crippen molar-refractivity contribution in [3.63, 3.8) is 0 Å². The summed E-state index contributed by atoms with van der Waals surface area (Å²) in [6.07, 6.45) is 6.53. The first-order valence-electron chi connectivity index (χ1n) is 5.63. The molecule has 0 unspecified atom stereocenters. The Morgan fingerprint density at radius 1 is 1.19 bits per heavy atom. The van der Waals surface area contributed by atoms with E-state index in [4.69, 9.17) is 0 Å². The van der Waals surface area contributed by atoms with Gasteiger partial charge >= 0.3 is 5.82 Å². The predicted octanol–water partition coefficient (Wildman–Crippen LogP) is 2.37. The molecule has 5 nitrogen and oxygen atoms in total. The van der Waals surface area contributed by atoms with Crippen molar-refractivity contribution in [2.24, 2.45) is 0 Å². The van der Waals surface area contributed by atoms with Crippen LogP contribution < -0.4 is 4.90 Å². The summed E-state index contributed by atoms with van der Waals surface area (Å²) in [6.45, 7) is 2.05. The SMILES string of the molecule is O=[N+]([O-])c1ccc(N2CCCCCC2)cn1. The molecule has 16 heavy (non-hydrogen) atoms. The maximum absolute atomic E-state index is 10.5. The number of rotatable bonds is 2. The Hall–Kier alpha value is -1.65. The fraction of sp³-hybridized carbons (Fsp3) is 0.545. The Labute approximate surface area is 94.2 Å². The molecule has 86 valence electrons. The molecule has 0 N–H and O–H groups in total. The average Bonchev–Trinajstić information content (AvgIpc) is 2.57. The third kappa shape index (κ3) is 2.48. The zero-order valence-electron chi connectivity index (χ0n) is 9.13. The molecule has 2 heterocycles. The fourth-order valence-corrected chi connectivity index (χ4v) is 2.00. The van der Waals surface area contributed by atoms with Crippen LogP contribution in [-0.2, 0) is 0 Å². The molecule has 0 aromatic carbocycles. The minimum atomic E-state index is -0.466. The quantitative estimate of drug-likeness (QED) is 0.568. The van der Waals surface area contributed by atoms with Gasteiger partial charge in [-0.2, -0.15) is 0 Å². The first kappa shape index (κ1) is 10.9. The van der Waals surface area contributed by atoms with Gasteiger partial charge in [-0.25, -0.2) is 0 Å². The minimum Gasteiger partial charge on any atom is -0.368 e. The van der Waals surface area contributed by atoms with Crippen molar-refractivity contribution in [1.82, 2.24) is 4.98 Å². The van der Waals surface area contributed by atoms with Crippen molar-refractivity contribution in [2.75, 3.05) is 18.0 Å². The first-order valence-corrected chi connectivity index (χ1v) is 5.63. The van der Waals surface area contributed by atoms with E-state index in [1.165, 1.54) is 31.7 Å². The number of hydrogen-bond donors (Lipinski definition) is 0. The van der Waals surface area contributed by atoms with Gasteiger partial charge in [-0.05, 0) is 28.8 Å². The lowest BCUT2D eigenvalue weighted by molar-refractivity contribution is -0.389. The van der Waals surface area contributed by atoms with Crippen LogP contribution in [0.2, 0.25) is 0 Å². The zero-order valence-corrected chi connectivity index (χ0v) is 9.13. The summed E-state index contributed by atoms with van der Waals surface area (Å²) >= 11 is 0. The first-order chi connectivity index (χ1) is 7.77. The third-order valence-electron chi connectivity index (χ3n) is 2.89. The number of aromatic nitrogens is 1. The maximum Gasteiger partial charge on any atom is 0.363 e. The van der Waals surface area contributed by atoms with E-state index in [9.17, 15) is 10.1 Å². The van der Waals surface area contributed by atoms with Crippen molar-refractivity contribution >= 4 is 11.5 Å². The van der Waals surface area contributed by atoms with Crippen LogP contribution in [0.15, 0.2) is 18.3 Å². The molecule has 1 aliphatic rings. The topological polar surface area (TPSA) is 59.3 Å². The van der Waals surface area contributed by atoms with E-state index in [-0.39, 0.29) is 5.82 Å². The molecule has 1 aliphatic heterocycles. The lowest BCUT2D eigenvalue weighted by atomic mass is 10.2. The molecule has 1 aromatic rings. The minimum absolute atomic E-state index is 0.0847. The average molecular weight is 221 g/mol. The predicted molar refractivity (Wildman–Crippen MR) is 61.6 cm³/mol. The maximum atomic E-state index is 10.5. The Kier molecular flexibility index (Phi) is 3.34. The molecule has 1 fully saturated rings. The molecule has 2 rings (SSSR count). The van der Waals surface area contributed by atoms with Gasteiger partial charge in [0, 0.05) is 19.2 Å². The third-order valence-corrected chi connectivity index (χ3v) is 2.89. The van der Waals surface area contributed by atoms with Gasteiger partial charge in [0.2, 0.25) is 0 Å². The van der Waals surface area contributed by atoms with E-state index in [1.54, 1.807) is 12.3 Å². The molecular formula is C11H15N3O2. The monoisotopic (exact) mass is 221 g/mol. The summed E-state index contributed by atoms with van der Waals surface area (Å²) in [5.74, 6) is -0.0847. The number of hydrogen-bond acceptors (Lipinski definition) is 4. The van der Waals surface area contributed by atoms with Crippen LogP contribution in [0.5, 0.6) is 0 Å². The van der Waals surface area contributed by atoms with Gasteiger partial charge in [0.1, 0.15) is 0 Å². The molecule has 0 radical (unpaired) electrons. The number of nitrogens with zero attached hydrogens (tertiary/aromatic N) is 3. The molecule has 0 aliphatic carbocycles. The second-order valence-corrected chi connectivity index (χ2v) is 4.03. The molecule has 1 saturated heterocycles. The van der Waals surface area contributed by atoms with Crippen LogP contribution in [0, 0.1) is 10.1 Å². The van der Waals surface area contributed by atoms with Crippen LogP contribution in [0.25, 0.3) is 0 Å². The van der Waals surface area contributed by atoms with Crippen LogP contribution in [0.3, 0.4) is 0 Å². The molecule has 0 amide bonds. The highest BCUT2D eigenvalue weighted by atomic mass is 16.6. The molecule has 0 saturated carbocycles. The summed E-state index contributed by atoms with van der Waals surface area (Å²) in [4.78, 5) is 16.1.